The van der Waals surface area contributed by atoms with Gasteiger partial charge < -0.3 is 9.84 Å². The second kappa shape index (κ2) is 7.35. The number of aliphatic carboxylic acids is 1. The lowest BCUT2D eigenvalue weighted by Gasteiger charge is -2.10. The number of ketones is 1. The first-order valence-electron chi connectivity index (χ1n) is 6.93. The van der Waals surface area contributed by atoms with Gasteiger partial charge >= 0.3 is 5.97 Å². The molecule has 0 heterocycles. The Morgan fingerprint density at radius 3 is 2.48 bits per heavy atom. The maximum atomic E-state index is 13.0. The molecule has 1 atom stereocenters. The van der Waals surface area contributed by atoms with Gasteiger partial charge in [0.25, 0.3) is 0 Å². The van der Waals surface area contributed by atoms with Crippen LogP contribution in [0.2, 0.25) is 0 Å². The van der Waals surface area contributed by atoms with Crippen LogP contribution in [0.5, 0.6) is 5.75 Å². The highest BCUT2D eigenvalue weighted by Gasteiger charge is 2.12. The number of halogens is 1. The topological polar surface area (TPSA) is 63.6 Å². The molecule has 0 spiro atoms. The molecule has 2 rings (SSSR count). The molecule has 0 saturated carbocycles. The van der Waals surface area contributed by atoms with Crippen molar-refractivity contribution in [3.05, 3.63) is 71.6 Å². The molecule has 2 aromatic carbocycles. The van der Waals surface area contributed by atoms with E-state index in [4.69, 9.17) is 9.84 Å². The Hall–Kier alpha value is -2.95. The molecule has 5 heteroatoms. The molecule has 0 amide bonds. The summed E-state index contributed by atoms with van der Waals surface area (Å²) in [4.78, 5) is 22.7. The highest BCUT2D eigenvalue weighted by molar-refractivity contribution is 6.06. The Labute approximate surface area is 132 Å². The number of benzene rings is 2. The summed E-state index contributed by atoms with van der Waals surface area (Å²) in [6, 6.07) is 12.1. The van der Waals surface area contributed by atoms with Gasteiger partial charge in [-0.15, -0.1) is 0 Å². The van der Waals surface area contributed by atoms with Gasteiger partial charge in [-0.3, -0.25) is 4.79 Å². The Bertz CT molecular complexity index is 735. The van der Waals surface area contributed by atoms with Crippen molar-refractivity contribution in [2.45, 2.75) is 13.0 Å². The Morgan fingerprint density at radius 1 is 1.17 bits per heavy atom. The van der Waals surface area contributed by atoms with Crippen molar-refractivity contribution < 1.29 is 23.8 Å². The number of ether oxygens (including phenoxy) is 1. The minimum Gasteiger partial charge on any atom is -0.479 e. The first-order valence-corrected chi connectivity index (χ1v) is 6.93. The number of rotatable bonds is 6. The van der Waals surface area contributed by atoms with Crippen molar-refractivity contribution in [3.8, 4) is 5.75 Å². The maximum absolute atomic E-state index is 13.0. The third-order valence-electron chi connectivity index (χ3n) is 3.08. The van der Waals surface area contributed by atoms with E-state index in [0.717, 1.165) is 0 Å². The Balaban J connectivity index is 2.04. The van der Waals surface area contributed by atoms with E-state index in [1.807, 2.05) is 0 Å². The number of hydrogen-bond donors (Lipinski definition) is 1. The molecular formula is C18H15FO4. The number of carboxylic acids is 1. The zero-order valence-electron chi connectivity index (χ0n) is 12.4. The summed E-state index contributed by atoms with van der Waals surface area (Å²) >= 11 is 0. The van der Waals surface area contributed by atoms with Gasteiger partial charge in [0, 0.05) is 5.56 Å². The molecule has 0 fully saturated rings. The largest absolute Gasteiger partial charge is 0.479 e. The van der Waals surface area contributed by atoms with Crippen LogP contribution in [0.1, 0.15) is 22.8 Å². The van der Waals surface area contributed by atoms with Crippen LogP contribution in [-0.4, -0.2) is 23.0 Å². The van der Waals surface area contributed by atoms with Gasteiger partial charge in [0.1, 0.15) is 11.6 Å². The summed E-state index contributed by atoms with van der Waals surface area (Å²) in [6.45, 7) is 1.42. The van der Waals surface area contributed by atoms with Crippen LogP contribution in [0.4, 0.5) is 4.39 Å². The molecule has 0 aliphatic rings. The monoisotopic (exact) mass is 314 g/mol. The van der Waals surface area contributed by atoms with Crippen LogP contribution in [-0.2, 0) is 4.79 Å². The van der Waals surface area contributed by atoms with Crippen LogP contribution in [0.25, 0.3) is 6.08 Å². The molecule has 0 bridgehead atoms. The Kier molecular flexibility index (Phi) is 5.25. The third-order valence-corrected chi connectivity index (χ3v) is 3.08. The number of carbonyl (C=O) groups excluding carboxylic acids is 1. The van der Waals surface area contributed by atoms with Crippen molar-refractivity contribution in [3.63, 3.8) is 0 Å². The quantitative estimate of drug-likeness (QED) is 0.654. The van der Waals surface area contributed by atoms with Crippen LogP contribution in [0.15, 0.2) is 54.6 Å². The SMILES string of the molecule is CC(Oc1ccc(C(=O)/C=C/c2cccc(F)c2)cc1)C(=O)O. The van der Waals surface area contributed by atoms with Crippen LogP contribution < -0.4 is 4.74 Å². The number of carbonyl (C=O) groups is 2. The minimum absolute atomic E-state index is 0.243. The van der Waals surface area contributed by atoms with E-state index in [0.29, 0.717) is 16.9 Å². The molecule has 1 N–H and O–H groups in total. The molecule has 0 saturated heterocycles. The highest BCUT2D eigenvalue weighted by atomic mass is 19.1. The van der Waals surface area contributed by atoms with Crippen molar-refractivity contribution in [2.75, 3.05) is 0 Å². The molecule has 0 aromatic heterocycles. The minimum atomic E-state index is -1.07. The molecular weight excluding hydrogens is 299 g/mol. The molecule has 0 radical (unpaired) electrons. The maximum Gasteiger partial charge on any atom is 0.344 e. The fraction of sp³-hybridized carbons (Fsp3) is 0.111. The lowest BCUT2D eigenvalue weighted by atomic mass is 10.1. The average molecular weight is 314 g/mol. The van der Waals surface area contributed by atoms with E-state index in [1.54, 1.807) is 24.3 Å². The summed E-state index contributed by atoms with van der Waals surface area (Å²) in [5.41, 5.74) is 1.02. The van der Waals surface area contributed by atoms with Gasteiger partial charge in [0.2, 0.25) is 0 Å². The molecule has 2 aromatic rings. The van der Waals surface area contributed by atoms with Gasteiger partial charge in [-0.1, -0.05) is 18.2 Å². The number of allylic oxidation sites excluding steroid dienone is 1. The van der Waals surface area contributed by atoms with Gasteiger partial charge in [-0.2, -0.15) is 0 Å². The summed E-state index contributed by atoms with van der Waals surface area (Å²) < 4.78 is 18.2. The number of carboxylic acid groups (broad SMARTS) is 1. The highest BCUT2D eigenvalue weighted by Crippen LogP contribution is 2.15. The molecule has 0 aliphatic carbocycles. The van der Waals surface area contributed by atoms with Crippen LogP contribution in [0, 0.1) is 5.82 Å². The van der Waals surface area contributed by atoms with E-state index in [2.05, 4.69) is 0 Å². The fourth-order valence-corrected chi connectivity index (χ4v) is 1.83. The lowest BCUT2D eigenvalue weighted by molar-refractivity contribution is -0.144. The van der Waals surface area contributed by atoms with Gasteiger partial charge in [-0.25, -0.2) is 9.18 Å². The second-order valence-corrected chi connectivity index (χ2v) is 4.88. The second-order valence-electron chi connectivity index (χ2n) is 4.88. The standard InChI is InChI=1S/C18H15FO4/c1-12(18(21)22)23-16-8-6-14(7-9-16)17(20)10-5-13-3-2-4-15(19)11-13/h2-12H,1H3,(H,21,22)/b10-5+. The van der Waals surface area contributed by atoms with Crippen molar-refractivity contribution in [1.82, 2.24) is 0 Å². The van der Waals surface area contributed by atoms with Crippen LogP contribution in [0.3, 0.4) is 0 Å². The fourth-order valence-electron chi connectivity index (χ4n) is 1.83. The smallest absolute Gasteiger partial charge is 0.344 e. The zero-order chi connectivity index (χ0) is 16.8. The van der Waals surface area contributed by atoms with Crippen molar-refractivity contribution in [2.24, 2.45) is 0 Å². The molecule has 0 aliphatic heterocycles. The van der Waals surface area contributed by atoms with Gasteiger partial charge in [0.15, 0.2) is 11.9 Å². The van der Waals surface area contributed by atoms with E-state index >= 15 is 0 Å². The van der Waals surface area contributed by atoms with E-state index in [-0.39, 0.29) is 11.6 Å². The molecule has 118 valence electrons. The summed E-state index contributed by atoms with van der Waals surface area (Å²) in [7, 11) is 0. The molecule has 4 nitrogen and oxygen atoms in total. The predicted molar refractivity (Wildman–Crippen MR) is 83.9 cm³/mol. The van der Waals surface area contributed by atoms with Crippen molar-refractivity contribution >= 4 is 17.8 Å². The molecule has 23 heavy (non-hydrogen) atoms. The zero-order valence-corrected chi connectivity index (χ0v) is 12.4. The normalized spacial score (nSPS) is 12.1. The lowest BCUT2D eigenvalue weighted by Crippen LogP contribution is -2.22. The van der Waals surface area contributed by atoms with E-state index < -0.39 is 12.1 Å². The van der Waals surface area contributed by atoms with E-state index in [1.165, 1.54) is 43.3 Å². The first kappa shape index (κ1) is 16.4. The van der Waals surface area contributed by atoms with Gasteiger partial charge in [-0.05, 0) is 55.0 Å². The van der Waals surface area contributed by atoms with E-state index in [9.17, 15) is 14.0 Å². The number of hydrogen-bond acceptors (Lipinski definition) is 3. The predicted octanol–water partition coefficient (Wildman–Crippen LogP) is 3.57. The van der Waals surface area contributed by atoms with Crippen LogP contribution >= 0.6 is 0 Å². The average Bonchev–Trinajstić information content (AvgIpc) is 2.53. The van der Waals surface area contributed by atoms with Gasteiger partial charge in [0.05, 0.1) is 0 Å². The summed E-state index contributed by atoms with van der Waals surface area (Å²) in [5.74, 6) is -1.31. The summed E-state index contributed by atoms with van der Waals surface area (Å²) in [6.07, 6.45) is 1.91. The Morgan fingerprint density at radius 2 is 1.87 bits per heavy atom. The third kappa shape index (κ3) is 4.78. The molecule has 1 unspecified atom stereocenters. The first-order chi connectivity index (χ1) is 11.0. The van der Waals surface area contributed by atoms with Crippen molar-refractivity contribution in [1.29, 1.82) is 0 Å². The summed E-state index contributed by atoms with van der Waals surface area (Å²) in [5, 5.41) is 8.77.